The maximum atomic E-state index is 14.2. The van der Waals surface area contributed by atoms with Crippen LogP contribution in [0.2, 0.25) is 0 Å². The van der Waals surface area contributed by atoms with E-state index in [1.165, 1.54) is 13.2 Å². The number of aromatic carboxylic acids is 1. The average molecular weight is 366 g/mol. The van der Waals surface area contributed by atoms with Gasteiger partial charge in [0.25, 0.3) is 0 Å². The van der Waals surface area contributed by atoms with Crippen LogP contribution in [0.25, 0.3) is 11.3 Å². The summed E-state index contributed by atoms with van der Waals surface area (Å²) >= 11 is 0. The van der Waals surface area contributed by atoms with E-state index in [9.17, 15) is 14.3 Å². The van der Waals surface area contributed by atoms with Gasteiger partial charge in [0, 0.05) is 5.56 Å². The Labute approximate surface area is 156 Å². The Bertz CT molecular complexity index is 1020. The number of anilines is 2. The zero-order chi connectivity index (χ0) is 19.6. The molecule has 0 saturated carbocycles. The van der Waals surface area contributed by atoms with Crippen LogP contribution in [0.1, 0.15) is 21.5 Å². The van der Waals surface area contributed by atoms with Crippen molar-refractivity contribution in [2.75, 3.05) is 12.4 Å². The second-order valence-corrected chi connectivity index (χ2v) is 6.21. The van der Waals surface area contributed by atoms with Crippen molar-refractivity contribution in [3.05, 3.63) is 71.2 Å². The standard InChI is InChI=1S/C21H19FN2O3/c1-12-4-7-19(17(8-12)21(25)26)24-14-9-13(2)20(23-11-14)16-10-15(27-3)5-6-18(16)22/h4-11,24H,1-3H3,(H,25,26). The van der Waals surface area contributed by atoms with Gasteiger partial charge in [-0.1, -0.05) is 11.6 Å². The number of nitrogens with zero attached hydrogens (tertiary/aromatic N) is 1. The van der Waals surface area contributed by atoms with Crippen LogP contribution in [-0.4, -0.2) is 23.2 Å². The van der Waals surface area contributed by atoms with E-state index in [1.54, 1.807) is 36.5 Å². The number of ether oxygens (including phenoxy) is 1. The van der Waals surface area contributed by atoms with Gasteiger partial charge < -0.3 is 15.2 Å². The van der Waals surface area contributed by atoms with E-state index in [4.69, 9.17) is 4.74 Å². The summed E-state index contributed by atoms with van der Waals surface area (Å²) in [5, 5.41) is 12.5. The Morgan fingerprint density at radius 2 is 1.93 bits per heavy atom. The number of methoxy groups -OCH3 is 1. The van der Waals surface area contributed by atoms with E-state index >= 15 is 0 Å². The van der Waals surface area contributed by atoms with Crippen molar-refractivity contribution >= 4 is 17.3 Å². The van der Waals surface area contributed by atoms with Crippen LogP contribution >= 0.6 is 0 Å². The molecule has 0 unspecified atom stereocenters. The minimum Gasteiger partial charge on any atom is -0.497 e. The Kier molecular flexibility index (Phi) is 5.07. The Hall–Kier alpha value is -3.41. The lowest BCUT2D eigenvalue weighted by Gasteiger charge is -2.13. The molecule has 0 saturated heterocycles. The third kappa shape index (κ3) is 3.89. The lowest BCUT2D eigenvalue weighted by atomic mass is 10.0. The molecule has 6 heteroatoms. The van der Waals surface area contributed by atoms with Gasteiger partial charge in [0.05, 0.1) is 35.9 Å². The van der Waals surface area contributed by atoms with Crippen LogP contribution in [0, 0.1) is 19.7 Å². The minimum atomic E-state index is -1.01. The lowest BCUT2D eigenvalue weighted by molar-refractivity contribution is 0.0698. The van der Waals surface area contributed by atoms with Crippen molar-refractivity contribution in [3.63, 3.8) is 0 Å². The first kappa shape index (κ1) is 18.4. The number of hydrogen-bond donors (Lipinski definition) is 2. The van der Waals surface area contributed by atoms with Crippen LogP contribution < -0.4 is 10.1 Å². The fourth-order valence-corrected chi connectivity index (χ4v) is 2.84. The van der Waals surface area contributed by atoms with Crippen LogP contribution in [0.5, 0.6) is 5.75 Å². The van der Waals surface area contributed by atoms with Gasteiger partial charge in [0.1, 0.15) is 11.6 Å². The number of carboxylic acid groups (broad SMARTS) is 1. The van der Waals surface area contributed by atoms with Crippen LogP contribution in [0.4, 0.5) is 15.8 Å². The predicted octanol–water partition coefficient (Wildman–Crippen LogP) is 4.95. The number of rotatable bonds is 5. The molecule has 2 aromatic carbocycles. The summed E-state index contributed by atoms with van der Waals surface area (Å²) in [4.78, 5) is 15.8. The Morgan fingerprint density at radius 1 is 1.15 bits per heavy atom. The highest BCUT2D eigenvalue weighted by Crippen LogP contribution is 2.30. The molecule has 0 radical (unpaired) electrons. The summed E-state index contributed by atoms with van der Waals surface area (Å²) in [6, 6.07) is 11.4. The van der Waals surface area contributed by atoms with Crippen molar-refractivity contribution in [2.45, 2.75) is 13.8 Å². The fourth-order valence-electron chi connectivity index (χ4n) is 2.84. The number of aromatic nitrogens is 1. The summed E-state index contributed by atoms with van der Waals surface area (Å²) in [5.41, 5.74) is 3.71. The molecule has 0 bridgehead atoms. The van der Waals surface area contributed by atoms with Gasteiger partial charge in [-0.3, -0.25) is 4.98 Å². The quantitative estimate of drug-likeness (QED) is 0.668. The number of hydrogen-bond acceptors (Lipinski definition) is 4. The molecule has 3 aromatic rings. The highest BCUT2D eigenvalue weighted by Gasteiger charge is 2.14. The lowest BCUT2D eigenvalue weighted by Crippen LogP contribution is -2.04. The second-order valence-electron chi connectivity index (χ2n) is 6.21. The van der Waals surface area contributed by atoms with Crippen molar-refractivity contribution in [3.8, 4) is 17.0 Å². The molecular weight excluding hydrogens is 347 g/mol. The monoisotopic (exact) mass is 366 g/mol. The van der Waals surface area contributed by atoms with Crippen molar-refractivity contribution in [1.29, 1.82) is 0 Å². The molecule has 0 aliphatic carbocycles. The Balaban J connectivity index is 1.96. The number of carbonyl (C=O) groups is 1. The molecule has 0 spiro atoms. The van der Waals surface area contributed by atoms with Gasteiger partial charge in [-0.05, 0) is 55.8 Å². The number of pyridine rings is 1. The largest absolute Gasteiger partial charge is 0.497 e. The van der Waals surface area contributed by atoms with Crippen molar-refractivity contribution in [2.24, 2.45) is 0 Å². The molecule has 0 atom stereocenters. The van der Waals surface area contributed by atoms with Gasteiger partial charge >= 0.3 is 5.97 Å². The SMILES string of the molecule is COc1ccc(F)c(-c2ncc(Nc3ccc(C)cc3C(=O)O)cc2C)c1. The van der Waals surface area contributed by atoms with Crippen LogP contribution in [0.3, 0.4) is 0 Å². The van der Waals surface area contributed by atoms with Gasteiger partial charge in [-0.25, -0.2) is 9.18 Å². The van der Waals surface area contributed by atoms with Gasteiger partial charge in [-0.2, -0.15) is 0 Å². The minimum absolute atomic E-state index is 0.176. The Morgan fingerprint density at radius 3 is 2.59 bits per heavy atom. The second kappa shape index (κ2) is 7.45. The summed E-state index contributed by atoms with van der Waals surface area (Å²) in [6.45, 7) is 3.65. The maximum absolute atomic E-state index is 14.2. The highest BCUT2D eigenvalue weighted by atomic mass is 19.1. The van der Waals surface area contributed by atoms with E-state index in [-0.39, 0.29) is 11.4 Å². The van der Waals surface area contributed by atoms with Crippen LogP contribution in [-0.2, 0) is 0 Å². The molecule has 1 aromatic heterocycles. The zero-order valence-electron chi connectivity index (χ0n) is 15.2. The molecule has 2 N–H and O–H groups in total. The van der Waals surface area contributed by atoms with Gasteiger partial charge in [-0.15, -0.1) is 0 Å². The van der Waals surface area contributed by atoms with E-state index in [2.05, 4.69) is 10.3 Å². The predicted molar refractivity (Wildman–Crippen MR) is 102 cm³/mol. The van der Waals surface area contributed by atoms with E-state index in [0.717, 1.165) is 11.1 Å². The number of aryl methyl sites for hydroxylation is 2. The first-order chi connectivity index (χ1) is 12.9. The number of nitrogens with one attached hydrogen (secondary N) is 1. The van der Waals surface area contributed by atoms with Crippen LogP contribution in [0.15, 0.2) is 48.7 Å². The average Bonchev–Trinajstić information content (AvgIpc) is 2.64. The third-order valence-electron chi connectivity index (χ3n) is 4.19. The van der Waals surface area contributed by atoms with E-state index in [0.29, 0.717) is 28.4 Å². The summed E-state index contributed by atoms with van der Waals surface area (Å²) < 4.78 is 19.4. The topological polar surface area (TPSA) is 71.5 Å². The van der Waals surface area contributed by atoms with Gasteiger partial charge in [0.2, 0.25) is 0 Å². The zero-order valence-corrected chi connectivity index (χ0v) is 15.2. The number of benzene rings is 2. The molecule has 3 rings (SSSR count). The molecular formula is C21H19FN2O3. The molecule has 0 amide bonds. The number of carboxylic acids is 1. The first-order valence-electron chi connectivity index (χ1n) is 8.30. The number of halogens is 1. The fraction of sp³-hybridized carbons (Fsp3) is 0.143. The smallest absolute Gasteiger partial charge is 0.337 e. The third-order valence-corrected chi connectivity index (χ3v) is 4.19. The van der Waals surface area contributed by atoms with E-state index < -0.39 is 5.97 Å². The molecule has 0 aliphatic heterocycles. The molecule has 0 fully saturated rings. The highest BCUT2D eigenvalue weighted by molar-refractivity contribution is 5.95. The summed E-state index contributed by atoms with van der Waals surface area (Å²) in [6.07, 6.45) is 1.55. The molecule has 0 aliphatic rings. The van der Waals surface area contributed by atoms with E-state index in [1.807, 2.05) is 19.9 Å². The summed E-state index contributed by atoms with van der Waals surface area (Å²) in [7, 11) is 1.52. The molecule has 138 valence electrons. The molecule has 5 nitrogen and oxygen atoms in total. The summed E-state index contributed by atoms with van der Waals surface area (Å²) in [5.74, 6) is -0.861. The normalized spacial score (nSPS) is 10.5. The van der Waals surface area contributed by atoms with Crippen molar-refractivity contribution in [1.82, 2.24) is 4.98 Å². The van der Waals surface area contributed by atoms with Crippen molar-refractivity contribution < 1.29 is 19.0 Å². The molecule has 1 heterocycles. The first-order valence-corrected chi connectivity index (χ1v) is 8.30. The maximum Gasteiger partial charge on any atom is 0.337 e. The molecule has 27 heavy (non-hydrogen) atoms. The van der Waals surface area contributed by atoms with Gasteiger partial charge in [0.15, 0.2) is 0 Å².